The van der Waals surface area contributed by atoms with Crippen molar-refractivity contribution >= 4 is 28.9 Å². The number of aromatic amines is 1. The van der Waals surface area contributed by atoms with Gasteiger partial charge in [0, 0.05) is 23.5 Å². The summed E-state index contributed by atoms with van der Waals surface area (Å²) < 4.78 is 0. The van der Waals surface area contributed by atoms with E-state index < -0.39 is 0 Å². The van der Waals surface area contributed by atoms with Crippen LogP contribution in [0.2, 0.25) is 10.0 Å². The van der Waals surface area contributed by atoms with Crippen LogP contribution in [0.4, 0.5) is 5.69 Å². The normalized spacial score (nSPS) is 10.5. The molecule has 0 spiro atoms. The van der Waals surface area contributed by atoms with Crippen molar-refractivity contribution in [3.05, 3.63) is 45.8 Å². The lowest BCUT2D eigenvalue weighted by atomic mass is 10.1. The van der Waals surface area contributed by atoms with Crippen LogP contribution in [0.15, 0.2) is 30.6 Å². The number of anilines is 1. The Balaban J connectivity index is 2.66. The van der Waals surface area contributed by atoms with Gasteiger partial charge in [-0.3, -0.25) is 5.21 Å². The lowest BCUT2D eigenvalue weighted by Crippen LogP contribution is -2.09. The van der Waals surface area contributed by atoms with E-state index in [-0.39, 0.29) is 15.9 Å². The predicted molar refractivity (Wildman–Crippen MR) is 63.9 cm³/mol. The minimum absolute atomic E-state index is 0.0225. The lowest BCUT2D eigenvalue weighted by Gasteiger charge is -2.25. The maximum absolute atomic E-state index is 11.0. The molecule has 0 aliphatic carbocycles. The third-order valence-electron chi connectivity index (χ3n) is 2.16. The molecule has 0 aliphatic heterocycles. The predicted octanol–water partition coefficient (Wildman–Crippen LogP) is 3.68. The van der Waals surface area contributed by atoms with E-state index in [1.165, 1.54) is 6.07 Å². The second-order valence-corrected chi connectivity index (χ2v) is 3.94. The monoisotopic (exact) mass is 257 g/mol. The van der Waals surface area contributed by atoms with Crippen molar-refractivity contribution in [2.24, 2.45) is 0 Å². The Labute approximate surface area is 102 Å². The van der Waals surface area contributed by atoms with Gasteiger partial charge in [-0.15, -0.1) is 0 Å². The molecule has 2 rings (SSSR count). The first-order chi connectivity index (χ1) is 7.61. The molecule has 0 radical (unpaired) electrons. The number of rotatable bonds is 2. The summed E-state index contributed by atoms with van der Waals surface area (Å²) >= 11 is 11.8. The number of H-pyrrole nitrogens is 1. The highest BCUT2D eigenvalue weighted by atomic mass is 35.5. The molecule has 2 N–H and O–H groups in total. The van der Waals surface area contributed by atoms with Crippen LogP contribution in [-0.4, -0.2) is 10.2 Å². The summed E-state index contributed by atoms with van der Waals surface area (Å²) in [6.07, 6.45) is 3.20. The van der Waals surface area contributed by atoms with Crippen molar-refractivity contribution in [2.75, 3.05) is 5.23 Å². The maximum Gasteiger partial charge on any atom is 0.0775 e. The standard InChI is InChI=1S/C10H7Cl2N2O2/c11-8-3-1-2-6(10(8)14(15)16)7-4-13-5-9(7)12/h1-5,13,15H/q-1. The largest absolute Gasteiger partial charge is 0.733 e. The molecule has 16 heavy (non-hydrogen) atoms. The Hall–Kier alpha value is -1.20. The number of halogens is 2. The van der Waals surface area contributed by atoms with E-state index in [4.69, 9.17) is 28.4 Å². The molecule has 2 aromatic rings. The summed E-state index contributed by atoms with van der Waals surface area (Å²) in [6.45, 7) is 0. The van der Waals surface area contributed by atoms with Gasteiger partial charge >= 0.3 is 0 Å². The van der Waals surface area contributed by atoms with E-state index >= 15 is 0 Å². The van der Waals surface area contributed by atoms with Crippen LogP contribution in [0, 0.1) is 5.21 Å². The molecule has 1 heterocycles. The average Bonchev–Trinajstić information content (AvgIpc) is 2.63. The topological polar surface area (TPSA) is 62.3 Å². The molecule has 0 saturated carbocycles. The molecule has 0 saturated heterocycles. The quantitative estimate of drug-likeness (QED) is 0.807. The molecule has 84 valence electrons. The van der Waals surface area contributed by atoms with E-state index in [2.05, 4.69) is 4.98 Å². The van der Waals surface area contributed by atoms with Crippen LogP contribution in [0.25, 0.3) is 11.1 Å². The molecular weight excluding hydrogens is 251 g/mol. The van der Waals surface area contributed by atoms with Crippen LogP contribution >= 0.6 is 23.2 Å². The van der Waals surface area contributed by atoms with E-state index in [0.29, 0.717) is 16.1 Å². The number of nitrogens with one attached hydrogen (secondary N) is 1. The first-order valence-corrected chi connectivity index (χ1v) is 5.14. The van der Waals surface area contributed by atoms with E-state index in [1.807, 2.05) is 0 Å². The Morgan fingerprint density at radius 3 is 2.44 bits per heavy atom. The third-order valence-corrected chi connectivity index (χ3v) is 2.78. The highest BCUT2D eigenvalue weighted by molar-refractivity contribution is 6.35. The van der Waals surface area contributed by atoms with Crippen molar-refractivity contribution < 1.29 is 5.21 Å². The van der Waals surface area contributed by atoms with E-state index in [0.717, 1.165) is 0 Å². The number of hydrogen-bond donors (Lipinski definition) is 2. The molecule has 0 amide bonds. The Morgan fingerprint density at radius 1 is 1.12 bits per heavy atom. The first-order valence-electron chi connectivity index (χ1n) is 4.38. The number of aromatic nitrogens is 1. The van der Waals surface area contributed by atoms with Crippen molar-refractivity contribution in [2.45, 2.75) is 0 Å². The third kappa shape index (κ3) is 1.88. The highest BCUT2D eigenvalue weighted by Gasteiger charge is 2.12. The van der Waals surface area contributed by atoms with Crippen molar-refractivity contribution in [1.82, 2.24) is 4.98 Å². The van der Waals surface area contributed by atoms with Gasteiger partial charge in [0.1, 0.15) is 0 Å². The fourth-order valence-corrected chi connectivity index (χ4v) is 1.94. The minimum atomic E-state index is -0.263. The van der Waals surface area contributed by atoms with Crippen molar-refractivity contribution in [3.8, 4) is 11.1 Å². The SMILES string of the molecule is [O-]N(O)c1c(Cl)cccc1-c1c[nH]cc1Cl. The van der Waals surface area contributed by atoms with Gasteiger partial charge in [-0.25, -0.2) is 0 Å². The summed E-state index contributed by atoms with van der Waals surface area (Å²) in [5.41, 5.74) is 1.05. The van der Waals surface area contributed by atoms with Gasteiger partial charge in [0.05, 0.1) is 15.7 Å². The molecule has 1 aromatic carbocycles. The zero-order valence-electron chi connectivity index (χ0n) is 7.95. The second kappa shape index (κ2) is 4.35. The van der Waals surface area contributed by atoms with Crippen molar-refractivity contribution in [3.63, 3.8) is 0 Å². The zero-order valence-corrected chi connectivity index (χ0v) is 9.46. The molecule has 0 bridgehead atoms. The van der Waals surface area contributed by atoms with Crippen LogP contribution in [0.3, 0.4) is 0 Å². The van der Waals surface area contributed by atoms with Crippen LogP contribution in [-0.2, 0) is 0 Å². The van der Waals surface area contributed by atoms with Gasteiger partial charge < -0.3 is 15.4 Å². The summed E-state index contributed by atoms with van der Waals surface area (Å²) in [5, 5.41) is 20.4. The smallest absolute Gasteiger partial charge is 0.0775 e. The molecule has 0 aliphatic rings. The molecule has 0 atom stereocenters. The Kier molecular flexibility index (Phi) is 3.07. The van der Waals surface area contributed by atoms with Crippen LogP contribution < -0.4 is 5.23 Å². The molecule has 1 aromatic heterocycles. The van der Waals surface area contributed by atoms with Gasteiger partial charge in [0.25, 0.3) is 0 Å². The van der Waals surface area contributed by atoms with Crippen molar-refractivity contribution in [1.29, 1.82) is 0 Å². The highest BCUT2D eigenvalue weighted by Crippen LogP contribution is 2.38. The van der Waals surface area contributed by atoms with Crippen LogP contribution in [0.1, 0.15) is 0 Å². The Morgan fingerprint density at radius 2 is 1.88 bits per heavy atom. The molecule has 6 heteroatoms. The number of benzene rings is 1. The van der Waals surface area contributed by atoms with Gasteiger partial charge in [0.2, 0.25) is 0 Å². The van der Waals surface area contributed by atoms with Gasteiger partial charge in [-0.05, 0) is 6.07 Å². The van der Waals surface area contributed by atoms with Gasteiger partial charge in [-0.1, -0.05) is 35.3 Å². The zero-order chi connectivity index (χ0) is 11.7. The van der Waals surface area contributed by atoms with Gasteiger partial charge in [0.15, 0.2) is 0 Å². The molecule has 0 fully saturated rings. The fraction of sp³-hybridized carbons (Fsp3) is 0. The number of para-hydroxylation sites is 1. The molecule has 0 unspecified atom stereocenters. The average molecular weight is 258 g/mol. The second-order valence-electron chi connectivity index (χ2n) is 3.13. The summed E-state index contributed by atoms with van der Waals surface area (Å²) in [7, 11) is 0. The summed E-state index contributed by atoms with van der Waals surface area (Å²) in [4.78, 5) is 2.80. The first kappa shape index (κ1) is 11.3. The maximum atomic E-state index is 11.0. The molecular formula is C10H7Cl2N2O2-. The van der Waals surface area contributed by atoms with Crippen LogP contribution in [0.5, 0.6) is 0 Å². The number of hydrogen-bond acceptors (Lipinski definition) is 3. The van der Waals surface area contributed by atoms with Gasteiger partial charge in [-0.2, -0.15) is 0 Å². The lowest BCUT2D eigenvalue weighted by molar-refractivity contribution is 0.297. The number of nitrogens with zero attached hydrogens (tertiary/aromatic N) is 1. The summed E-state index contributed by atoms with van der Waals surface area (Å²) in [6, 6.07) is 4.84. The fourth-order valence-electron chi connectivity index (χ4n) is 1.48. The van der Waals surface area contributed by atoms with E-state index in [9.17, 15) is 5.21 Å². The summed E-state index contributed by atoms with van der Waals surface area (Å²) in [5.74, 6) is 0. The minimum Gasteiger partial charge on any atom is -0.733 e. The Bertz CT molecular complexity index is 511. The molecule has 4 nitrogen and oxygen atoms in total. The van der Waals surface area contributed by atoms with E-state index in [1.54, 1.807) is 24.5 Å².